The van der Waals surface area contributed by atoms with Crippen molar-refractivity contribution < 1.29 is 0 Å². The number of likely N-dealkylation sites (tertiary alicyclic amines) is 1. The molecule has 0 unspecified atom stereocenters. The number of aromatic nitrogens is 1. The van der Waals surface area contributed by atoms with E-state index < -0.39 is 0 Å². The van der Waals surface area contributed by atoms with E-state index in [1.165, 1.54) is 5.69 Å². The van der Waals surface area contributed by atoms with Crippen LogP contribution in [-0.4, -0.2) is 48.3 Å². The van der Waals surface area contributed by atoms with E-state index in [0.717, 1.165) is 56.8 Å². The maximum absolute atomic E-state index is 4.47. The predicted molar refractivity (Wildman–Crippen MR) is 113 cm³/mol. The Hall–Kier alpha value is -2.40. The van der Waals surface area contributed by atoms with E-state index in [9.17, 15) is 0 Å². The number of pyridine rings is 1. The van der Waals surface area contributed by atoms with E-state index in [1.54, 1.807) is 0 Å². The van der Waals surface area contributed by atoms with E-state index in [0.29, 0.717) is 6.04 Å². The summed E-state index contributed by atoms with van der Waals surface area (Å²) >= 11 is 0. The van der Waals surface area contributed by atoms with Gasteiger partial charge in [0.2, 0.25) is 0 Å². The second-order valence-electron chi connectivity index (χ2n) is 7.02. The maximum atomic E-state index is 4.47. The molecule has 2 aromatic rings. The van der Waals surface area contributed by atoms with Crippen molar-refractivity contribution in [3.05, 3.63) is 59.9 Å². The summed E-state index contributed by atoms with van der Waals surface area (Å²) in [7, 11) is 0. The molecular formula is C22H31N5. The van der Waals surface area contributed by atoms with Gasteiger partial charge in [0.15, 0.2) is 0 Å². The van der Waals surface area contributed by atoms with Crippen molar-refractivity contribution in [2.24, 2.45) is 5.10 Å². The zero-order chi connectivity index (χ0) is 18.9. The molecule has 3 rings (SSSR count). The fourth-order valence-corrected chi connectivity index (χ4v) is 3.52. The first-order chi connectivity index (χ1) is 13.3. The van der Waals surface area contributed by atoms with Gasteiger partial charge in [0.1, 0.15) is 0 Å². The van der Waals surface area contributed by atoms with Gasteiger partial charge in [0, 0.05) is 50.6 Å². The summed E-state index contributed by atoms with van der Waals surface area (Å²) in [6.45, 7) is 9.55. The van der Waals surface area contributed by atoms with Crippen molar-refractivity contribution >= 4 is 11.9 Å². The molecule has 144 valence electrons. The number of hydrogen-bond donors (Lipinski definition) is 1. The third-order valence-corrected chi connectivity index (χ3v) is 5.19. The summed E-state index contributed by atoms with van der Waals surface area (Å²) in [4.78, 5) is 9.23. The van der Waals surface area contributed by atoms with Gasteiger partial charge in [-0.3, -0.25) is 9.88 Å². The molecule has 0 saturated carbocycles. The molecule has 0 amide bonds. The van der Waals surface area contributed by atoms with Crippen molar-refractivity contribution in [3.63, 3.8) is 0 Å². The van der Waals surface area contributed by atoms with Crippen LogP contribution in [0.25, 0.3) is 0 Å². The van der Waals surface area contributed by atoms with Crippen LogP contribution < -0.4 is 10.3 Å². The highest BCUT2D eigenvalue weighted by Crippen LogP contribution is 2.15. The Morgan fingerprint density at radius 1 is 1.11 bits per heavy atom. The summed E-state index contributed by atoms with van der Waals surface area (Å²) in [5.41, 5.74) is 6.88. The van der Waals surface area contributed by atoms with Crippen molar-refractivity contribution in [3.8, 4) is 0 Å². The molecule has 1 aromatic heterocycles. The highest BCUT2D eigenvalue weighted by molar-refractivity contribution is 5.80. The van der Waals surface area contributed by atoms with Crippen LogP contribution in [0.4, 0.5) is 5.69 Å². The topological polar surface area (TPSA) is 43.8 Å². The van der Waals surface area contributed by atoms with Crippen molar-refractivity contribution in [2.45, 2.75) is 39.3 Å². The summed E-state index contributed by atoms with van der Waals surface area (Å²) < 4.78 is 0. The van der Waals surface area contributed by atoms with Gasteiger partial charge in [0.05, 0.1) is 11.9 Å². The fraction of sp³-hybridized carbons (Fsp3) is 0.455. The molecule has 0 bridgehead atoms. The Balaban J connectivity index is 1.42. The van der Waals surface area contributed by atoms with Crippen LogP contribution in [0.5, 0.6) is 0 Å². The van der Waals surface area contributed by atoms with Crippen LogP contribution in [0.3, 0.4) is 0 Å². The first-order valence-corrected chi connectivity index (χ1v) is 10.0. The van der Waals surface area contributed by atoms with E-state index in [1.807, 2.05) is 18.5 Å². The average molecular weight is 366 g/mol. The summed E-state index contributed by atoms with van der Waals surface area (Å²) in [6.07, 6.45) is 6.02. The number of rotatable bonds is 8. The second-order valence-corrected chi connectivity index (χ2v) is 7.02. The number of anilines is 1. The molecule has 27 heavy (non-hydrogen) atoms. The zero-order valence-corrected chi connectivity index (χ0v) is 16.5. The predicted octanol–water partition coefficient (Wildman–Crippen LogP) is 3.52. The molecule has 1 aliphatic rings. The Morgan fingerprint density at radius 2 is 1.85 bits per heavy atom. The third-order valence-electron chi connectivity index (χ3n) is 5.19. The molecule has 1 aromatic carbocycles. The largest absolute Gasteiger partial charge is 0.372 e. The lowest BCUT2D eigenvalue weighted by Crippen LogP contribution is -2.40. The van der Waals surface area contributed by atoms with Crippen LogP contribution >= 0.6 is 0 Å². The van der Waals surface area contributed by atoms with Gasteiger partial charge in [-0.15, -0.1) is 0 Å². The monoisotopic (exact) mass is 365 g/mol. The van der Waals surface area contributed by atoms with Gasteiger partial charge in [-0.2, -0.15) is 5.10 Å². The molecule has 1 fully saturated rings. The van der Waals surface area contributed by atoms with Gasteiger partial charge in [-0.25, -0.2) is 0 Å². The number of nitrogens with zero attached hydrogens (tertiary/aromatic N) is 4. The number of benzene rings is 1. The summed E-state index contributed by atoms with van der Waals surface area (Å²) in [5.74, 6) is 0. The standard InChI is InChI=1S/C22H31N5/c1-3-27(4-2)22-10-8-19(9-11-22)17-24-25-20-12-15-26(16-13-20)18-21-7-5-6-14-23-21/h5-11,14,17,20,25H,3-4,12-13,15-16,18H2,1-2H3/b24-17+. The fourth-order valence-electron chi connectivity index (χ4n) is 3.52. The molecule has 2 heterocycles. The first-order valence-electron chi connectivity index (χ1n) is 10.0. The Bertz CT molecular complexity index is 686. The molecule has 0 radical (unpaired) electrons. The van der Waals surface area contributed by atoms with E-state index in [-0.39, 0.29) is 0 Å². The van der Waals surface area contributed by atoms with Crippen LogP contribution in [0.2, 0.25) is 0 Å². The normalized spacial score (nSPS) is 15.9. The lowest BCUT2D eigenvalue weighted by Gasteiger charge is -2.31. The lowest BCUT2D eigenvalue weighted by molar-refractivity contribution is 0.190. The summed E-state index contributed by atoms with van der Waals surface area (Å²) in [5, 5.41) is 4.47. The van der Waals surface area contributed by atoms with Gasteiger partial charge in [-0.1, -0.05) is 18.2 Å². The van der Waals surface area contributed by atoms with Crippen LogP contribution in [-0.2, 0) is 6.54 Å². The number of nitrogens with one attached hydrogen (secondary N) is 1. The maximum Gasteiger partial charge on any atom is 0.0543 e. The Morgan fingerprint density at radius 3 is 2.48 bits per heavy atom. The van der Waals surface area contributed by atoms with E-state index >= 15 is 0 Å². The van der Waals surface area contributed by atoms with Crippen LogP contribution in [0.15, 0.2) is 53.8 Å². The number of hydrazone groups is 1. The summed E-state index contributed by atoms with van der Waals surface area (Å²) in [6, 6.07) is 15.2. The molecule has 1 aliphatic heterocycles. The smallest absolute Gasteiger partial charge is 0.0543 e. The Kier molecular flexibility index (Phi) is 7.22. The van der Waals surface area contributed by atoms with E-state index in [2.05, 4.69) is 75.6 Å². The molecule has 5 nitrogen and oxygen atoms in total. The lowest BCUT2D eigenvalue weighted by atomic mass is 10.1. The molecule has 0 atom stereocenters. The second kappa shape index (κ2) is 10.1. The van der Waals surface area contributed by atoms with Crippen LogP contribution in [0, 0.1) is 0 Å². The minimum atomic E-state index is 0.455. The minimum Gasteiger partial charge on any atom is -0.372 e. The molecule has 0 spiro atoms. The minimum absolute atomic E-state index is 0.455. The molecular weight excluding hydrogens is 334 g/mol. The van der Waals surface area contributed by atoms with Gasteiger partial charge in [0.25, 0.3) is 0 Å². The number of hydrogen-bond acceptors (Lipinski definition) is 5. The van der Waals surface area contributed by atoms with E-state index in [4.69, 9.17) is 0 Å². The highest BCUT2D eigenvalue weighted by atomic mass is 15.3. The zero-order valence-electron chi connectivity index (χ0n) is 16.5. The number of piperidine rings is 1. The average Bonchev–Trinajstić information content (AvgIpc) is 2.72. The highest BCUT2D eigenvalue weighted by Gasteiger charge is 2.18. The SMILES string of the molecule is CCN(CC)c1ccc(/C=N/NC2CCN(Cc3ccccn3)CC2)cc1. The molecule has 5 heteroatoms. The molecule has 1 N–H and O–H groups in total. The first kappa shape index (κ1) is 19.4. The van der Waals surface area contributed by atoms with Gasteiger partial charge < -0.3 is 10.3 Å². The molecule has 1 saturated heterocycles. The third kappa shape index (κ3) is 5.79. The van der Waals surface area contributed by atoms with Crippen molar-refractivity contribution in [2.75, 3.05) is 31.1 Å². The van der Waals surface area contributed by atoms with Crippen molar-refractivity contribution in [1.29, 1.82) is 0 Å². The van der Waals surface area contributed by atoms with Crippen LogP contribution in [0.1, 0.15) is 37.9 Å². The quantitative estimate of drug-likeness (QED) is 0.574. The Labute approximate surface area is 163 Å². The van der Waals surface area contributed by atoms with Crippen molar-refractivity contribution in [1.82, 2.24) is 15.3 Å². The molecule has 0 aliphatic carbocycles. The van der Waals surface area contributed by atoms with Gasteiger partial charge in [-0.05, 0) is 56.5 Å². The van der Waals surface area contributed by atoms with Gasteiger partial charge >= 0.3 is 0 Å².